The molecule has 0 aliphatic carbocycles. The van der Waals surface area contributed by atoms with Crippen molar-refractivity contribution < 1.29 is 4.42 Å². The van der Waals surface area contributed by atoms with Crippen LogP contribution in [-0.4, -0.2) is 14.5 Å². The maximum Gasteiger partial charge on any atom is 0.247 e. The number of furan rings is 1. The summed E-state index contributed by atoms with van der Waals surface area (Å²) in [6, 6.07) is 59.0. The van der Waals surface area contributed by atoms with Crippen molar-refractivity contribution >= 4 is 119 Å². The Hall–Kier alpha value is -7.08. The number of aromatic nitrogens is 3. The van der Waals surface area contributed by atoms with Crippen LogP contribution in [0.5, 0.6) is 0 Å². The van der Waals surface area contributed by atoms with Gasteiger partial charge in [0.25, 0.3) is 0 Å². The molecule has 0 saturated heterocycles. The predicted octanol–water partition coefficient (Wildman–Crippen LogP) is 14.1. The molecule has 4 aromatic heterocycles. The highest BCUT2D eigenvalue weighted by atomic mass is 32.1. The fraction of sp³-hybridized carbons (Fsp3) is 0. The third-order valence-corrected chi connectivity index (χ3v) is 12.7. The topological polar surface area (TPSA) is 43.9 Å². The van der Waals surface area contributed by atoms with E-state index >= 15 is 0 Å². The molecule has 254 valence electrons. The number of rotatable bonds is 2. The monoisotopic (exact) mass is 717 g/mol. The van der Waals surface area contributed by atoms with Crippen molar-refractivity contribution in [1.29, 1.82) is 0 Å². The minimum absolute atomic E-state index is 0.533. The summed E-state index contributed by atoms with van der Waals surface area (Å²) in [6.07, 6.45) is 0. The van der Waals surface area contributed by atoms with Crippen LogP contribution in [0.15, 0.2) is 168 Å². The SMILES string of the molecule is c1ccc2cc3c(cc2c1)c1c2c4ccccc4c4ccccc4c2ccc1n3-c1nc2c(nc1-c1cccc3sc4ccccc4c13)oc1ccccc12. The zero-order valence-electron chi connectivity index (χ0n) is 29.2. The Morgan fingerprint density at radius 1 is 0.436 bits per heavy atom. The zero-order chi connectivity index (χ0) is 35.8. The molecule has 0 radical (unpaired) electrons. The lowest BCUT2D eigenvalue weighted by Crippen LogP contribution is -2.03. The average molecular weight is 718 g/mol. The molecule has 0 atom stereocenters. The standard InChI is InChI=1S/C50H27N3OS/c1-2-13-29-27-40-38(26-28(29)12-1)46-39(25-24-34-32-16-4-3-14-30(32)31-15-5-6-17-33(31)45(34)46)53(40)49-47(52-50-48(51-49)35-18-7-9-21-41(35)54-50)37-20-11-23-43-44(37)36-19-8-10-22-42(36)55-43/h1-27H. The summed E-state index contributed by atoms with van der Waals surface area (Å²) in [7, 11) is 0. The van der Waals surface area contributed by atoms with Crippen LogP contribution in [0.25, 0.3) is 124 Å². The van der Waals surface area contributed by atoms with Gasteiger partial charge in [-0.3, -0.25) is 4.57 Å². The van der Waals surface area contributed by atoms with Crippen LogP contribution < -0.4 is 0 Å². The maximum absolute atomic E-state index is 6.47. The van der Waals surface area contributed by atoms with Gasteiger partial charge in [0.2, 0.25) is 5.71 Å². The molecule has 13 rings (SSSR count). The summed E-state index contributed by atoms with van der Waals surface area (Å²) in [4.78, 5) is 11.1. The summed E-state index contributed by atoms with van der Waals surface area (Å²) >= 11 is 1.81. The van der Waals surface area contributed by atoms with E-state index in [0.29, 0.717) is 5.71 Å². The second-order valence-corrected chi connectivity index (χ2v) is 15.5. The normalized spacial score (nSPS) is 12.4. The highest BCUT2D eigenvalue weighted by Crippen LogP contribution is 2.47. The number of fused-ring (bicyclic) bond motifs is 17. The molecule has 0 spiro atoms. The van der Waals surface area contributed by atoms with Crippen LogP contribution in [0.2, 0.25) is 0 Å². The third kappa shape index (κ3) is 3.94. The number of nitrogens with zero attached hydrogens (tertiary/aromatic N) is 3. The molecule has 0 amide bonds. The Labute approximate surface area is 317 Å². The van der Waals surface area contributed by atoms with E-state index in [9.17, 15) is 0 Å². The zero-order valence-corrected chi connectivity index (χ0v) is 30.1. The van der Waals surface area contributed by atoms with Crippen LogP contribution in [0.3, 0.4) is 0 Å². The molecular weight excluding hydrogens is 691 g/mol. The van der Waals surface area contributed by atoms with E-state index in [1.54, 1.807) is 0 Å². The molecular formula is C50H27N3OS. The van der Waals surface area contributed by atoms with Gasteiger partial charge < -0.3 is 4.42 Å². The molecule has 0 fully saturated rings. The van der Waals surface area contributed by atoms with Gasteiger partial charge in [-0.25, -0.2) is 9.97 Å². The lowest BCUT2D eigenvalue weighted by Gasteiger charge is -2.14. The molecule has 5 heteroatoms. The fourth-order valence-electron chi connectivity index (χ4n) is 9.24. The summed E-state index contributed by atoms with van der Waals surface area (Å²) in [6.45, 7) is 0. The predicted molar refractivity (Wildman–Crippen MR) is 232 cm³/mol. The van der Waals surface area contributed by atoms with Crippen molar-refractivity contribution in [2.75, 3.05) is 0 Å². The Morgan fingerprint density at radius 2 is 1.07 bits per heavy atom. The van der Waals surface area contributed by atoms with Crippen LogP contribution >= 0.6 is 11.3 Å². The van der Waals surface area contributed by atoms with Crippen LogP contribution in [-0.2, 0) is 0 Å². The molecule has 0 saturated carbocycles. The van der Waals surface area contributed by atoms with Gasteiger partial charge in [-0.2, -0.15) is 0 Å². The number of para-hydroxylation sites is 1. The van der Waals surface area contributed by atoms with E-state index in [4.69, 9.17) is 14.4 Å². The molecule has 4 heterocycles. The third-order valence-electron chi connectivity index (χ3n) is 11.6. The highest BCUT2D eigenvalue weighted by molar-refractivity contribution is 7.25. The second-order valence-electron chi connectivity index (χ2n) is 14.5. The molecule has 0 N–H and O–H groups in total. The van der Waals surface area contributed by atoms with Gasteiger partial charge in [0.05, 0.1) is 11.0 Å². The Kier molecular flexibility index (Phi) is 5.74. The van der Waals surface area contributed by atoms with Crippen molar-refractivity contribution in [3.8, 4) is 17.1 Å². The van der Waals surface area contributed by atoms with Gasteiger partial charge >= 0.3 is 0 Å². The van der Waals surface area contributed by atoms with Gasteiger partial charge in [-0.15, -0.1) is 11.3 Å². The molecule has 0 unspecified atom stereocenters. The van der Waals surface area contributed by atoms with Gasteiger partial charge in [-0.05, 0) is 80.2 Å². The molecule has 0 bridgehead atoms. The molecule has 9 aromatic carbocycles. The molecule has 55 heavy (non-hydrogen) atoms. The Balaban J connectivity index is 1.28. The maximum atomic E-state index is 6.47. The van der Waals surface area contributed by atoms with Crippen molar-refractivity contribution in [3.63, 3.8) is 0 Å². The summed E-state index contributed by atoms with van der Waals surface area (Å²) in [5.41, 5.74) is 6.06. The summed E-state index contributed by atoms with van der Waals surface area (Å²) < 4.78 is 11.3. The largest absolute Gasteiger partial charge is 0.436 e. The fourth-order valence-corrected chi connectivity index (χ4v) is 10.4. The molecule has 0 aliphatic rings. The van der Waals surface area contributed by atoms with Crippen LogP contribution in [0.1, 0.15) is 0 Å². The lowest BCUT2D eigenvalue weighted by molar-refractivity contribution is 0.653. The lowest BCUT2D eigenvalue weighted by atomic mass is 9.91. The quantitative estimate of drug-likeness (QED) is 0.167. The number of hydrogen-bond donors (Lipinski definition) is 0. The summed E-state index contributed by atoms with van der Waals surface area (Å²) in [5.74, 6) is 0.779. The van der Waals surface area contributed by atoms with Crippen molar-refractivity contribution in [2.24, 2.45) is 0 Å². The van der Waals surface area contributed by atoms with E-state index in [2.05, 4.69) is 150 Å². The van der Waals surface area contributed by atoms with Crippen LogP contribution in [0.4, 0.5) is 0 Å². The smallest absolute Gasteiger partial charge is 0.247 e. The van der Waals surface area contributed by atoms with Crippen molar-refractivity contribution in [3.05, 3.63) is 164 Å². The first-order valence-electron chi connectivity index (χ1n) is 18.6. The van der Waals surface area contributed by atoms with E-state index in [0.717, 1.165) is 44.6 Å². The minimum Gasteiger partial charge on any atom is -0.436 e. The van der Waals surface area contributed by atoms with E-state index in [-0.39, 0.29) is 0 Å². The average Bonchev–Trinajstić information content (AvgIpc) is 3.91. The van der Waals surface area contributed by atoms with Gasteiger partial charge in [-0.1, -0.05) is 121 Å². The number of hydrogen-bond acceptors (Lipinski definition) is 4. The minimum atomic E-state index is 0.533. The van der Waals surface area contributed by atoms with E-state index in [1.807, 2.05) is 29.5 Å². The second kappa shape index (κ2) is 10.8. The number of thiophene rings is 1. The summed E-state index contributed by atoms with van der Waals surface area (Å²) in [5, 5.41) is 15.6. The van der Waals surface area contributed by atoms with E-state index in [1.165, 1.54) is 74.0 Å². The first-order chi connectivity index (χ1) is 27.3. The molecule has 13 aromatic rings. The van der Waals surface area contributed by atoms with Crippen molar-refractivity contribution in [1.82, 2.24) is 14.5 Å². The van der Waals surface area contributed by atoms with Crippen molar-refractivity contribution in [2.45, 2.75) is 0 Å². The highest BCUT2D eigenvalue weighted by Gasteiger charge is 2.25. The molecule has 4 nitrogen and oxygen atoms in total. The Morgan fingerprint density at radius 3 is 1.89 bits per heavy atom. The molecule has 0 aliphatic heterocycles. The first-order valence-corrected chi connectivity index (χ1v) is 19.4. The van der Waals surface area contributed by atoms with E-state index < -0.39 is 0 Å². The van der Waals surface area contributed by atoms with Gasteiger partial charge in [0, 0.05) is 47.3 Å². The number of benzene rings is 9. The first kappa shape index (κ1) is 29.4. The van der Waals surface area contributed by atoms with Crippen LogP contribution in [0, 0.1) is 0 Å². The van der Waals surface area contributed by atoms with Gasteiger partial charge in [0.1, 0.15) is 16.8 Å². The van der Waals surface area contributed by atoms with Gasteiger partial charge in [0.15, 0.2) is 5.82 Å². The Bertz CT molecular complexity index is 3760.